The molecule has 0 spiro atoms. The number of para-hydroxylation sites is 1. The van der Waals surface area contributed by atoms with Crippen molar-refractivity contribution < 1.29 is 9.26 Å². The summed E-state index contributed by atoms with van der Waals surface area (Å²) in [6, 6.07) is 20.0. The third kappa shape index (κ3) is 4.58. The number of hydrogen-bond donors (Lipinski definition) is 0. The minimum absolute atomic E-state index is 0.118. The molecule has 3 aromatic rings. The number of rotatable bonds is 7. The Morgan fingerprint density at radius 2 is 1.64 bits per heavy atom. The van der Waals surface area contributed by atoms with Crippen LogP contribution in [-0.2, 0) is 0 Å². The van der Waals surface area contributed by atoms with Gasteiger partial charge in [0.1, 0.15) is 12.4 Å². The Balaban J connectivity index is 1.25. The molecule has 146 valence electrons. The summed E-state index contributed by atoms with van der Waals surface area (Å²) in [5, 5.41) is 4.15. The molecule has 0 aliphatic carbocycles. The zero-order valence-electron chi connectivity index (χ0n) is 16.2. The largest absolute Gasteiger partial charge is 0.492 e. The molecule has 6 heteroatoms. The molecule has 6 nitrogen and oxygen atoms in total. The molecule has 0 N–H and O–H groups in total. The fourth-order valence-corrected chi connectivity index (χ4v) is 3.45. The Labute approximate surface area is 165 Å². The van der Waals surface area contributed by atoms with Gasteiger partial charge in [-0.25, -0.2) is 0 Å². The van der Waals surface area contributed by atoms with Gasteiger partial charge in [0.25, 0.3) is 0 Å². The molecule has 0 saturated carbocycles. The van der Waals surface area contributed by atoms with Gasteiger partial charge in [0, 0.05) is 38.3 Å². The number of hydrogen-bond acceptors (Lipinski definition) is 6. The SMILES string of the molecule is C[C@@H](c1nc(-c2ccccc2)no1)N1CCN(CCOc2ccccc2)CC1. The average molecular weight is 378 g/mol. The molecule has 28 heavy (non-hydrogen) atoms. The van der Waals surface area contributed by atoms with Gasteiger partial charge in [-0.1, -0.05) is 53.7 Å². The lowest BCUT2D eigenvalue weighted by Crippen LogP contribution is -2.48. The van der Waals surface area contributed by atoms with Gasteiger partial charge in [0.05, 0.1) is 6.04 Å². The summed E-state index contributed by atoms with van der Waals surface area (Å²) in [6.07, 6.45) is 0. The van der Waals surface area contributed by atoms with Crippen LogP contribution in [0.3, 0.4) is 0 Å². The summed E-state index contributed by atoms with van der Waals surface area (Å²) >= 11 is 0. The van der Waals surface area contributed by atoms with Gasteiger partial charge < -0.3 is 9.26 Å². The lowest BCUT2D eigenvalue weighted by molar-refractivity contribution is 0.0800. The predicted octanol–water partition coefficient (Wildman–Crippen LogP) is 3.49. The zero-order valence-corrected chi connectivity index (χ0v) is 16.2. The molecule has 1 aliphatic heterocycles. The van der Waals surface area contributed by atoms with Crippen molar-refractivity contribution in [3.05, 3.63) is 66.6 Å². The van der Waals surface area contributed by atoms with Gasteiger partial charge in [-0.05, 0) is 19.1 Å². The first-order valence-corrected chi connectivity index (χ1v) is 9.83. The highest BCUT2D eigenvalue weighted by molar-refractivity contribution is 5.53. The quantitative estimate of drug-likeness (QED) is 0.627. The number of aromatic nitrogens is 2. The first kappa shape index (κ1) is 18.7. The maximum absolute atomic E-state index is 5.81. The van der Waals surface area contributed by atoms with Crippen LogP contribution in [0.1, 0.15) is 18.9 Å². The second kappa shape index (κ2) is 8.99. The van der Waals surface area contributed by atoms with E-state index in [1.807, 2.05) is 60.7 Å². The molecule has 4 rings (SSSR count). The van der Waals surface area contributed by atoms with Crippen LogP contribution in [0.2, 0.25) is 0 Å². The average Bonchev–Trinajstić information content (AvgIpc) is 3.25. The molecule has 1 saturated heterocycles. The standard InChI is InChI=1S/C22H26N4O2/c1-18(22-23-21(24-28-22)19-8-4-2-5-9-19)26-14-12-25(13-15-26)16-17-27-20-10-6-3-7-11-20/h2-11,18H,12-17H2,1H3/t18-/m0/s1. The second-order valence-corrected chi connectivity index (χ2v) is 7.04. The van der Waals surface area contributed by atoms with Crippen LogP contribution < -0.4 is 4.74 Å². The summed E-state index contributed by atoms with van der Waals surface area (Å²) in [4.78, 5) is 9.44. The van der Waals surface area contributed by atoms with Crippen molar-refractivity contribution in [1.82, 2.24) is 19.9 Å². The Morgan fingerprint density at radius 3 is 2.36 bits per heavy atom. The van der Waals surface area contributed by atoms with E-state index in [9.17, 15) is 0 Å². The molecule has 0 radical (unpaired) electrons. The molecule has 1 atom stereocenters. The predicted molar refractivity (Wildman–Crippen MR) is 108 cm³/mol. The van der Waals surface area contributed by atoms with E-state index < -0.39 is 0 Å². The number of benzene rings is 2. The molecule has 1 aliphatic rings. The monoisotopic (exact) mass is 378 g/mol. The highest BCUT2D eigenvalue weighted by Gasteiger charge is 2.25. The third-order valence-electron chi connectivity index (χ3n) is 5.21. The van der Waals surface area contributed by atoms with Crippen LogP contribution in [0.5, 0.6) is 5.75 Å². The molecule has 0 amide bonds. The minimum atomic E-state index is 0.118. The molecule has 1 aromatic heterocycles. The van der Waals surface area contributed by atoms with Crippen LogP contribution in [0, 0.1) is 0 Å². The normalized spacial score (nSPS) is 16.8. The topological polar surface area (TPSA) is 54.6 Å². The van der Waals surface area contributed by atoms with Gasteiger partial charge in [0.2, 0.25) is 11.7 Å². The summed E-state index contributed by atoms with van der Waals surface area (Å²) in [7, 11) is 0. The van der Waals surface area contributed by atoms with E-state index >= 15 is 0 Å². The Hall–Kier alpha value is -2.70. The molecular formula is C22H26N4O2. The van der Waals surface area contributed by atoms with Crippen molar-refractivity contribution in [2.24, 2.45) is 0 Å². The fourth-order valence-electron chi connectivity index (χ4n) is 3.45. The number of ether oxygens (including phenoxy) is 1. The summed E-state index contributed by atoms with van der Waals surface area (Å²) in [6.45, 7) is 7.78. The Morgan fingerprint density at radius 1 is 0.964 bits per heavy atom. The van der Waals surface area contributed by atoms with Crippen molar-refractivity contribution in [3.63, 3.8) is 0 Å². The van der Waals surface area contributed by atoms with Crippen LogP contribution in [0.4, 0.5) is 0 Å². The molecule has 2 heterocycles. The number of piperazine rings is 1. The van der Waals surface area contributed by atoms with Crippen molar-refractivity contribution in [3.8, 4) is 17.1 Å². The molecule has 1 fully saturated rings. The van der Waals surface area contributed by atoms with Crippen LogP contribution in [0.15, 0.2) is 65.2 Å². The third-order valence-corrected chi connectivity index (χ3v) is 5.21. The van der Waals surface area contributed by atoms with E-state index in [-0.39, 0.29) is 6.04 Å². The van der Waals surface area contributed by atoms with Gasteiger partial charge in [-0.2, -0.15) is 4.98 Å². The first-order chi connectivity index (χ1) is 13.8. The number of nitrogens with zero attached hydrogens (tertiary/aromatic N) is 4. The van der Waals surface area contributed by atoms with E-state index in [0.717, 1.165) is 44.0 Å². The highest BCUT2D eigenvalue weighted by atomic mass is 16.5. The first-order valence-electron chi connectivity index (χ1n) is 9.83. The van der Waals surface area contributed by atoms with Crippen molar-refractivity contribution in [2.75, 3.05) is 39.3 Å². The van der Waals surface area contributed by atoms with E-state index in [2.05, 4.69) is 26.9 Å². The van der Waals surface area contributed by atoms with Crippen LogP contribution >= 0.6 is 0 Å². The van der Waals surface area contributed by atoms with Crippen molar-refractivity contribution >= 4 is 0 Å². The van der Waals surface area contributed by atoms with Crippen molar-refractivity contribution in [1.29, 1.82) is 0 Å². The van der Waals surface area contributed by atoms with Gasteiger partial charge in [0.15, 0.2) is 0 Å². The smallest absolute Gasteiger partial charge is 0.244 e. The second-order valence-electron chi connectivity index (χ2n) is 7.04. The molecule has 0 unspecified atom stereocenters. The molecule has 0 bridgehead atoms. The maximum atomic E-state index is 5.81. The minimum Gasteiger partial charge on any atom is -0.492 e. The van der Waals surface area contributed by atoms with Gasteiger partial charge >= 0.3 is 0 Å². The van der Waals surface area contributed by atoms with Crippen LogP contribution in [0.25, 0.3) is 11.4 Å². The summed E-state index contributed by atoms with van der Waals surface area (Å²) in [5.41, 5.74) is 0.980. The van der Waals surface area contributed by atoms with Crippen molar-refractivity contribution in [2.45, 2.75) is 13.0 Å². The summed E-state index contributed by atoms with van der Waals surface area (Å²) < 4.78 is 11.3. The van der Waals surface area contributed by atoms with E-state index in [4.69, 9.17) is 9.26 Å². The van der Waals surface area contributed by atoms with Gasteiger partial charge in [-0.3, -0.25) is 9.80 Å². The lowest BCUT2D eigenvalue weighted by atomic mass is 10.2. The fraction of sp³-hybridized carbons (Fsp3) is 0.364. The van der Waals surface area contributed by atoms with E-state index in [1.165, 1.54) is 0 Å². The lowest BCUT2D eigenvalue weighted by Gasteiger charge is -2.36. The summed E-state index contributed by atoms with van der Waals surface area (Å²) in [5.74, 6) is 2.26. The molecule has 2 aromatic carbocycles. The van der Waals surface area contributed by atoms with E-state index in [1.54, 1.807) is 0 Å². The molecular weight excluding hydrogens is 352 g/mol. The van der Waals surface area contributed by atoms with Gasteiger partial charge in [-0.15, -0.1) is 0 Å². The maximum Gasteiger partial charge on any atom is 0.244 e. The van der Waals surface area contributed by atoms with Crippen LogP contribution in [-0.4, -0.2) is 59.3 Å². The Kier molecular flexibility index (Phi) is 5.99. The highest BCUT2D eigenvalue weighted by Crippen LogP contribution is 2.23. The van der Waals surface area contributed by atoms with E-state index in [0.29, 0.717) is 18.3 Å². The zero-order chi connectivity index (χ0) is 19.2. The Bertz CT molecular complexity index is 845.